The minimum absolute atomic E-state index is 0.111. The van der Waals surface area contributed by atoms with Crippen LogP contribution in [-0.2, 0) is 20.7 Å². The largest absolute Gasteiger partial charge is 0.508 e. The van der Waals surface area contributed by atoms with Gasteiger partial charge >= 0.3 is 5.97 Å². The molecule has 0 spiro atoms. The molecule has 0 aliphatic heterocycles. The monoisotopic (exact) mass is 636 g/mol. The Morgan fingerprint density at radius 3 is 2.30 bits per heavy atom. The first kappa shape index (κ1) is 32.5. The predicted octanol–water partition coefficient (Wildman–Crippen LogP) is 7.68. The first-order chi connectivity index (χ1) is 22.4. The van der Waals surface area contributed by atoms with Crippen molar-refractivity contribution < 1.29 is 24.5 Å². The standard InChI is InChI=1S/C22H28O3.C20H24O2/c1-4-22(25-14(2)23)12-10-20-19-7-5-15-13-16(24)6-8-17(15)18(19)9-11-21(20,22)3;1-3-20(22)11-9-18-17-6-4-13-12-14(21)5-7-15(13)16(17)8-10-19(18,20)2/h1,13,17-20H,5-12H2,2-3H3;1,5,7,12,16-18,21-22H,4,6,8-11H2,2H3/t17?,18-,19?,20+,21?,22+;16-,17?,18+,19?,20+/m11/s1. The van der Waals surface area contributed by atoms with E-state index in [1.165, 1.54) is 23.6 Å². The summed E-state index contributed by atoms with van der Waals surface area (Å²) in [6, 6.07) is 5.87. The van der Waals surface area contributed by atoms with E-state index in [4.69, 9.17) is 17.6 Å². The lowest BCUT2D eigenvalue weighted by atomic mass is 9.50. The van der Waals surface area contributed by atoms with Crippen molar-refractivity contribution in [3.63, 3.8) is 0 Å². The Balaban J connectivity index is 0.000000151. The molecule has 7 aliphatic rings. The van der Waals surface area contributed by atoms with Gasteiger partial charge in [-0.2, -0.15) is 0 Å². The minimum atomic E-state index is -0.919. The Morgan fingerprint density at radius 1 is 0.830 bits per heavy atom. The first-order valence-corrected chi connectivity index (χ1v) is 18.3. The van der Waals surface area contributed by atoms with E-state index in [1.807, 2.05) is 18.2 Å². The fourth-order valence-corrected chi connectivity index (χ4v) is 12.7. The number of carbonyl (C=O) groups excluding carboxylic acids is 2. The number of hydrogen-bond donors (Lipinski definition) is 2. The number of ether oxygens (including phenoxy) is 1. The molecule has 11 atom stereocenters. The van der Waals surface area contributed by atoms with E-state index in [0.717, 1.165) is 83.5 Å². The van der Waals surface area contributed by atoms with Crippen LogP contribution in [0.2, 0.25) is 0 Å². The average molecular weight is 637 g/mol. The van der Waals surface area contributed by atoms with Gasteiger partial charge in [-0.15, -0.1) is 12.8 Å². The highest BCUT2D eigenvalue weighted by atomic mass is 16.6. The number of aliphatic hydroxyl groups is 1. The molecule has 47 heavy (non-hydrogen) atoms. The van der Waals surface area contributed by atoms with Crippen LogP contribution in [0.5, 0.6) is 5.75 Å². The van der Waals surface area contributed by atoms with Gasteiger partial charge in [0.15, 0.2) is 11.4 Å². The maximum atomic E-state index is 11.8. The third-order valence-corrected chi connectivity index (χ3v) is 15.1. The molecule has 0 bridgehead atoms. The SMILES string of the molecule is C#C[C@]1(O)CC[C@H]2C3CCc4cc(O)ccc4[C@H]3CCC21C.C#C[C@]1(OC(C)=O)CC[C@H]2C3CCC4=CC(=O)CCC4[C@H]3CCC21C. The van der Waals surface area contributed by atoms with Crippen LogP contribution >= 0.6 is 0 Å². The highest BCUT2D eigenvalue weighted by Gasteiger charge is 2.64. The Bertz CT molecular complexity index is 1580. The van der Waals surface area contributed by atoms with Gasteiger partial charge in [0.1, 0.15) is 11.4 Å². The molecule has 1 aromatic carbocycles. The number of phenols is 1. The molecule has 5 heteroatoms. The molecule has 8 rings (SSSR count). The Morgan fingerprint density at radius 2 is 1.55 bits per heavy atom. The van der Waals surface area contributed by atoms with Crippen LogP contribution in [0, 0.1) is 71.0 Å². The Labute approximate surface area is 281 Å². The summed E-state index contributed by atoms with van der Waals surface area (Å²) < 4.78 is 5.79. The number of benzene rings is 1. The van der Waals surface area contributed by atoms with Crippen LogP contribution in [0.1, 0.15) is 121 Å². The molecule has 0 heterocycles. The number of terminal acetylenes is 2. The number of fused-ring (bicyclic) bond motifs is 10. The second kappa shape index (κ2) is 11.6. The summed E-state index contributed by atoms with van der Waals surface area (Å²) in [4.78, 5) is 23.5. The van der Waals surface area contributed by atoms with Gasteiger partial charge in [0.05, 0.1) is 0 Å². The van der Waals surface area contributed by atoms with Crippen molar-refractivity contribution in [2.45, 2.75) is 128 Å². The van der Waals surface area contributed by atoms with E-state index < -0.39 is 11.2 Å². The molecule has 5 saturated carbocycles. The van der Waals surface area contributed by atoms with Crippen molar-refractivity contribution in [1.29, 1.82) is 0 Å². The maximum Gasteiger partial charge on any atom is 0.304 e. The lowest BCUT2D eigenvalue weighted by Gasteiger charge is -2.55. The fraction of sp³-hybridized carbons (Fsp3) is 0.667. The zero-order valence-electron chi connectivity index (χ0n) is 28.5. The van der Waals surface area contributed by atoms with Gasteiger partial charge < -0.3 is 14.9 Å². The van der Waals surface area contributed by atoms with Gasteiger partial charge in [0.25, 0.3) is 0 Å². The van der Waals surface area contributed by atoms with Crippen molar-refractivity contribution in [2.24, 2.45) is 46.3 Å². The molecule has 5 nitrogen and oxygen atoms in total. The van der Waals surface area contributed by atoms with Gasteiger partial charge in [0, 0.05) is 24.2 Å². The summed E-state index contributed by atoms with van der Waals surface area (Å²) in [7, 11) is 0. The van der Waals surface area contributed by atoms with E-state index >= 15 is 0 Å². The number of aromatic hydroxyl groups is 1. The van der Waals surface area contributed by atoms with Crippen molar-refractivity contribution in [2.75, 3.05) is 0 Å². The van der Waals surface area contributed by atoms with Crippen LogP contribution in [0.25, 0.3) is 0 Å². The zero-order valence-corrected chi connectivity index (χ0v) is 28.5. The number of carbonyl (C=O) groups is 2. The summed E-state index contributed by atoms with van der Waals surface area (Å²) in [6.45, 7) is 5.95. The predicted molar refractivity (Wildman–Crippen MR) is 182 cm³/mol. The van der Waals surface area contributed by atoms with Gasteiger partial charge in [0.2, 0.25) is 0 Å². The third kappa shape index (κ3) is 4.85. The van der Waals surface area contributed by atoms with Crippen molar-refractivity contribution >= 4 is 11.8 Å². The van der Waals surface area contributed by atoms with Crippen LogP contribution in [0.4, 0.5) is 0 Å². The third-order valence-electron chi connectivity index (χ3n) is 15.1. The van der Waals surface area contributed by atoms with Crippen LogP contribution in [0.15, 0.2) is 29.8 Å². The summed E-state index contributed by atoms with van der Waals surface area (Å²) in [5.41, 5.74) is 2.26. The molecule has 0 saturated heterocycles. The van der Waals surface area contributed by atoms with E-state index in [-0.39, 0.29) is 16.8 Å². The van der Waals surface area contributed by atoms with Gasteiger partial charge in [-0.05, 0) is 154 Å². The van der Waals surface area contributed by atoms with E-state index in [2.05, 4.69) is 31.8 Å². The van der Waals surface area contributed by atoms with E-state index in [9.17, 15) is 19.8 Å². The summed E-state index contributed by atoms with van der Waals surface area (Å²) in [5.74, 6) is 10.2. The van der Waals surface area contributed by atoms with Crippen LogP contribution < -0.4 is 0 Å². The van der Waals surface area contributed by atoms with Crippen molar-refractivity contribution in [3.05, 3.63) is 41.0 Å². The second-order valence-corrected chi connectivity index (χ2v) is 16.7. The first-order valence-electron chi connectivity index (χ1n) is 18.3. The van der Waals surface area contributed by atoms with E-state index in [1.54, 1.807) is 0 Å². The average Bonchev–Trinajstić information content (AvgIpc) is 3.50. The van der Waals surface area contributed by atoms with Crippen molar-refractivity contribution in [3.8, 4) is 30.4 Å². The number of esters is 1. The Kier molecular flexibility index (Phi) is 7.99. The zero-order chi connectivity index (χ0) is 33.4. The molecule has 0 aromatic heterocycles. The topological polar surface area (TPSA) is 83.8 Å². The summed E-state index contributed by atoms with van der Waals surface area (Å²) in [5, 5.41) is 20.6. The lowest BCUT2D eigenvalue weighted by molar-refractivity contribution is -0.167. The van der Waals surface area contributed by atoms with Gasteiger partial charge in [-0.25, -0.2) is 0 Å². The van der Waals surface area contributed by atoms with Gasteiger partial charge in [-0.3, -0.25) is 9.59 Å². The second-order valence-electron chi connectivity index (χ2n) is 16.7. The Hall–Kier alpha value is -3.02. The number of hydrogen-bond acceptors (Lipinski definition) is 5. The molecule has 250 valence electrons. The molecule has 2 N–H and O–H groups in total. The number of ketones is 1. The molecule has 1 aromatic rings. The maximum absolute atomic E-state index is 11.8. The molecular formula is C42H52O5. The molecule has 5 unspecified atom stereocenters. The van der Waals surface area contributed by atoms with Gasteiger partial charge in [-0.1, -0.05) is 37.3 Å². The minimum Gasteiger partial charge on any atom is -0.508 e. The molecule has 7 aliphatic carbocycles. The highest BCUT2D eigenvalue weighted by Crippen LogP contribution is 2.66. The van der Waals surface area contributed by atoms with Crippen LogP contribution in [-0.4, -0.2) is 33.2 Å². The fourth-order valence-electron chi connectivity index (χ4n) is 12.7. The quantitative estimate of drug-likeness (QED) is 0.244. The number of rotatable bonds is 1. The number of allylic oxidation sites excluding steroid dienone is 1. The van der Waals surface area contributed by atoms with Crippen molar-refractivity contribution in [1.82, 2.24) is 0 Å². The molecular weight excluding hydrogens is 584 g/mol. The van der Waals surface area contributed by atoms with E-state index in [0.29, 0.717) is 59.4 Å². The summed E-state index contributed by atoms with van der Waals surface area (Å²) >= 11 is 0. The smallest absolute Gasteiger partial charge is 0.304 e. The summed E-state index contributed by atoms with van der Waals surface area (Å²) in [6.07, 6.45) is 27.6. The lowest BCUT2D eigenvalue weighted by Crippen LogP contribution is -2.53. The molecule has 0 radical (unpaired) electrons. The molecule has 0 amide bonds. The number of aryl methyl sites for hydroxylation is 1. The highest BCUT2D eigenvalue weighted by molar-refractivity contribution is 5.91. The van der Waals surface area contributed by atoms with Crippen LogP contribution in [0.3, 0.4) is 0 Å². The molecule has 5 fully saturated rings. The normalized spacial score (nSPS) is 44.3. The number of phenolic OH excluding ortho intramolecular Hbond substituents is 1.